The highest BCUT2D eigenvalue weighted by molar-refractivity contribution is 5.19. The highest BCUT2D eigenvalue weighted by Crippen LogP contribution is 2.16. The summed E-state index contributed by atoms with van der Waals surface area (Å²) in [5.41, 5.74) is 1.45. The quantitative estimate of drug-likeness (QED) is 0.798. The second-order valence-electron chi connectivity index (χ2n) is 3.97. The van der Waals surface area contributed by atoms with Gasteiger partial charge in [-0.25, -0.2) is 0 Å². The Kier molecular flexibility index (Phi) is 5.17. The zero-order valence-electron chi connectivity index (χ0n) is 11.4. The van der Waals surface area contributed by atoms with Gasteiger partial charge in [0.25, 0.3) is 0 Å². The second-order valence-corrected chi connectivity index (χ2v) is 3.97. The third kappa shape index (κ3) is 5.21. The molecular formula is C16H20O. The average molecular weight is 229 g/mol. The molecule has 1 heteroatoms. The smallest absolute Gasteiger partial charge is 0.115 e. The maximum atomic E-state index is 8.73. The molecule has 0 aliphatic carbocycles. The normalized spacial score (nSPS) is 12.0. The molecule has 0 spiro atoms. The van der Waals surface area contributed by atoms with E-state index in [2.05, 4.69) is 44.2 Å². The van der Waals surface area contributed by atoms with Gasteiger partial charge in [0.05, 0.1) is 1.37 Å². The lowest BCUT2D eigenvalue weighted by Gasteiger charge is -2.06. The molecule has 0 radical (unpaired) electrons. The third-order valence-corrected chi connectivity index (χ3v) is 2.67. The van der Waals surface area contributed by atoms with Gasteiger partial charge < -0.3 is 5.11 Å². The van der Waals surface area contributed by atoms with Gasteiger partial charge in [-0.2, -0.15) is 0 Å². The van der Waals surface area contributed by atoms with Gasteiger partial charge in [-0.1, -0.05) is 62.4 Å². The minimum absolute atomic E-state index is 0.0347. The van der Waals surface area contributed by atoms with Crippen LogP contribution in [0.4, 0.5) is 0 Å². The Morgan fingerprint density at radius 3 is 2.12 bits per heavy atom. The molecule has 2 rings (SSSR count). The fourth-order valence-electron chi connectivity index (χ4n) is 1.40. The lowest BCUT2D eigenvalue weighted by molar-refractivity contribution is 0.475. The molecular weight excluding hydrogens is 208 g/mol. The van der Waals surface area contributed by atoms with Crippen molar-refractivity contribution in [2.75, 3.05) is 0 Å². The molecule has 0 saturated heterocycles. The number of rotatable bonds is 2. The fraction of sp³-hybridized carbons (Fsp3) is 0.250. The molecule has 1 N–H and O–H groups in total. The Hall–Kier alpha value is -1.76. The number of hydrogen-bond acceptors (Lipinski definition) is 1. The molecule has 0 fully saturated rings. The number of aromatic hydroxyl groups is 1. The Bertz CT molecular complexity index is 433. The largest absolute Gasteiger partial charge is 0.508 e. The molecule has 0 aliphatic rings. The highest BCUT2D eigenvalue weighted by atomic mass is 16.3. The summed E-state index contributed by atoms with van der Waals surface area (Å²) in [7, 11) is 0. The van der Waals surface area contributed by atoms with Gasteiger partial charge in [0, 0.05) is 0 Å². The summed E-state index contributed by atoms with van der Waals surface area (Å²) in [4.78, 5) is 0. The van der Waals surface area contributed by atoms with Gasteiger partial charge in [0.1, 0.15) is 5.75 Å². The molecule has 2 aromatic rings. The van der Waals surface area contributed by atoms with E-state index in [0.717, 1.165) is 0 Å². The number of para-hydroxylation sites is 1. The topological polar surface area (TPSA) is 20.2 Å². The molecule has 17 heavy (non-hydrogen) atoms. The molecule has 1 nitrogen and oxygen atoms in total. The van der Waals surface area contributed by atoms with Crippen molar-refractivity contribution in [2.45, 2.75) is 26.2 Å². The SMILES string of the molecule is CCC(C)c1ccccc1.[2H]c1ccccc1O. The average Bonchev–Trinajstić information content (AvgIpc) is 2.43. The van der Waals surface area contributed by atoms with Crippen molar-refractivity contribution in [1.82, 2.24) is 0 Å². The van der Waals surface area contributed by atoms with Crippen LogP contribution in [0.25, 0.3) is 0 Å². The van der Waals surface area contributed by atoms with Crippen LogP contribution in [-0.4, -0.2) is 5.11 Å². The predicted octanol–water partition coefficient (Wildman–Crippen LogP) is 4.59. The molecule has 0 amide bonds. The zero-order chi connectivity index (χ0) is 13.4. The van der Waals surface area contributed by atoms with Gasteiger partial charge in [0.15, 0.2) is 0 Å². The van der Waals surface area contributed by atoms with Crippen LogP contribution in [0.15, 0.2) is 60.6 Å². The lowest BCUT2D eigenvalue weighted by atomic mass is 9.99. The Balaban J connectivity index is 0.000000184. The minimum Gasteiger partial charge on any atom is -0.508 e. The molecule has 1 atom stereocenters. The van der Waals surface area contributed by atoms with E-state index in [1.54, 1.807) is 12.1 Å². The van der Waals surface area contributed by atoms with Crippen molar-refractivity contribution < 1.29 is 6.48 Å². The summed E-state index contributed by atoms with van der Waals surface area (Å²) in [5.74, 6) is 0.744. The molecule has 2 aromatic carbocycles. The van der Waals surface area contributed by atoms with E-state index in [-0.39, 0.29) is 11.8 Å². The number of benzene rings is 2. The Labute approximate surface area is 105 Å². The van der Waals surface area contributed by atoms with Crippen LogP contribution in [-0.2, 0) is 0 Å². The summed E-state index contributed by atoms with van der Waals surface area (Å²) in [6, 6.07) is 17.2. The first-order valence-corrected chi connectivity index (χ1v) is 5.94. The second kappa shape index (κ2) is 7.50. The first-order valence-electron chi connectivity index (χ1n) is 6.44. The maximum Gasteiger partial charge on any atom is 0.115 e. The molecule has 0 heterocycles. The van der Waals surface area contributed by atoms with E-state index in [0.29, 0.717) is 5.92 Å². The van der Waals surface area contributed by atoms with E-state index in [9.17, 15) is 0 Å². The van der Waals surface area contributed by atoms with Crippen molar-refractivity contribution in [1.29, 1.82) is 0 Å². The summed E-state index contributed by atoms with van der Waals surface area (Å²) in [6.45, 7) is 4.48. The van der Waals surface area contributed by atoms with Crippen molar-refractivity contribution in [3.63, 3.8) is 0 Å². The number of phenolic OH excluding ortho intramolecular Hbond substituents is 1. The van der Waals surface area contributed by atoms with Crippen LogP contribution < -0.4 is 0 Å². The van der Waals surface area contributed by atoms with E-state index >= 15 is 0 Å². The summed E-state index contributed by atoms with van der Waals surface area (Å²) < 4.78 is 6.97. The van der Waals surface area contributed by atoms with Gasteiger partial charge in [0.2, 0.25) is 0 Å². The lowest BCUT2D eigenvalue weighted by Crippen LogP contribution is -1.88. The van der Waals surface area contributed by atoms with Crippen molar-refractivity contribution in [2.24, 2.45) is 0 Å². The molecule has 90 valence electrons. The van der Waals surface area contributed by atoms with E-state index in [4.69, 9.17) is 6.48 Å². The van der Waals surface area contributed by atoms with Crippen LogP contribution in [0.2, 0.25) is 0 Å². The van der Waals surface area contributed by atoms with Crippen LogP contribution >= 0.6 is 0 Å². The first kappa shape index (κ1) is 11.7. The molecule has 0 aliphatic heterocycles. The summed E-state index contributed by atoms with van der Waals surface area (Å²) in [5, 5.41) is 8.73. The first-order chi connectivity index (χ1) is 8.65. The maximum absolute atomic E-state index is 8.73. The van der Waals surface area contributed by atoms with E-state index in [1.807, 2.05) is 0 Å². The summed E-state index contributed by atoms with van der Waals surface area (Å²) >= 11 is 0. The van der Waals surface area contributed by atoms with E-state index < -0.39 is 0 Å². The number of phenols is 1. The minimum atomic E-state index is 0.0347. The molecule has 0 bridgehead atoms. The van der Waals surface area contributed by atoms with Crippen molar-refractivity contribution in [3.05, 3.63) is 66.2 Å². The van der Waals surface area contributed by atoms with E-state index in [1.165, 1.54) is 24.1 Å². The van der Waals surface area contributed by atoms with Crippen LogP contribution in [0.3, 0.4) is 0 Å². The van der Waals surface area contributed by atoms with Crippen LogP contribution in [0.5, 0.6) is 5.75 Å². The standard InChI is InChI=1S/C10H14.C6H6O/c1-3-9(2)10-7-5-4-6-8-10;7-6-4-2-1-3-5-6/h4-9H,3H2,1-2H3;1-5,7H/i;4D. The molecule has 1 unspecified atom stereocenters. The van der Waals surface area contributed by atoms with Crippen molar-refractivity contribution >= 4 is 0 Å². The Morgan fingerprint density at radius 2 is 1.65 bits per heavy atom. The van der Waals surface area contributed by atoms with Crippen LogP contribution in [0, 0.1) is 0 Å². The predicted molar refractivity (Wildman–Crippen MR) is 73.3 cm³/mol. The van der Waals surface area contributed by atoms with Crippen LogP contribution in [0.1, 0.15) is 33.1 Å². The monoisotopic (exact) mass is 229 g/mol. The van der Waals surface area contributed by atoms with Gasteiger partial charge in [-0.05, 0) is 30.0 Å². The molecule has 0 saturated carbocycles. The third-order valence-electron chi connectivity index (χ3n) is 2.67. The van der Waals surface area contributed by atoms with Crippen molar-refractivity contribution in [3.8, 4) is 5.75 Å². The molecule has 0 aromatic heterocycles. The van der Waals surface area contributed by atoms with Gasteiger partial charge in [-0.15, -0.1) is 0 Å². The van der Waals surface area contributed by atoms with Gasteiger partial charge in [-0.3, -0.25) is 0 Å². The fourth-order valence-corrected chi connectivity index (χ4v) is 1.40. The highest BCUT2D eigenvalue weighted by Gasteiger charge is 1.98. The van der Waals surface area contributed by atoms with Gasteiger partial charge >= 0.3 is 0 Å². The number of hydrogen-bond donors (Lipinski definition) is 1. The zero-order valence-corrected chi connectivity index (χ0v) is 10.4. The summed E-state index contributed by atoms with van der Waals surface area (Å²) in [6.07, 6.45) is 1.23. The Morgan fingerprint density at radius 1 is 1.06 bits per heavy atom.